The Balaban J connectivity index is 1.55. The largest absolute Gasteiger partial charge is 0.491 e. The molecule has 1 atom stereocenters. The third kappa shape index (κ3) is 3.98. The van der Waals surface area contributed by atoms with Crippen molar-refractivity contribution < 1.29 is 29.0 Å². The number of amides is 2. The maximum atomic E-state index is 12.3. The van der Waals surface area contributed by atoms with Gasteiger partial charge in [0.15, 0.2) is 0 Å². The first-order chi connectivity index (χ1) is 13.0. The molecule has 2 aromatic carbocycles. The summed E-state index contributed by atoms with van der Waals surface area (Å²) in [5, 5.41) is 10.2. The molecule has 0 spiro atoms. The van der Waals surface area contributed by atoms with Crippen molar-refractivity contribution in [2.75, 3.05) is 19.8 Å². The van der Waals surface area contributed by atoms with E-state index >= 15 is 0 Å². The van der Waals surface area contributed by atoms with Gasteiger partial charge in [-0.1, -0.05) is 12.1 Å². The lowest BCUT2D eigenvalue weighted by atomic mass is 10.1. The van der Waals surface area contributed by atoms with E-state index in [1.165, 1.54) is 0 Å². The van der Waals surface area contributed by atoms with Gasteiger partial charge in [-0.05, 0) is 43.3 Å². The van der Waals surface area contributed by atoms with Crippen LogP contribution in [0.3, 0.4) is 0 Å². The summed E-state index contributed by atoms with van der Waals surface area (Å²) in [5.74, 6) is -0.818. The molecular formula is C20H19NO6. The van der Waals surface area contributed by atoms with Crippen LogP contribution in [0.15, 0.2) is 48.5 Å². The SMILES string of the molecule is CCOC(=O)c1ccc(OC[C@H](O)CN2C(=O)c3ccccc3C2=O)cc1. The summed E-state index contributed by atoms with van der Waals surface area (Å²) in [7, 11) is 0. The van der Waals surface area contributed by atoms with E-state index in [2.05, 4.69) is 0 Å². The fourth-order valence-corrected chi connectivity index (χ4v) is 2.76. The molecule has 3 rings (SSSR count). The second-order valence-corrected chi connectivity index (χ2v) is 5.98. The summed E-state index contributed by atoms with van der Waals surface area (Å²) in [6, 6.07) is 12.8. The van der Waals surface area contributed by atoms with E-state index in [1.807, 2.05) is 0 Å². The first-order valence-corrected chi connectivity index (χ1v) is 8.54. The number of β-amino-alcohol motifs (C(OH)–C–C–N with tert-alkyl or cyclic N) is 1. The lowest BCUT2D eigenvalue weighted by Gasteiger charge is -2.19. The summed E-state index contributed by atoms with van der Waals surface area (Å²) in [6.45, 7) is 1.76. The second-order valence-electron chi connectivity index (χ2n) is 5.98. The third-order valence-corrected chi connectivity index (χ3v) is 4.08. The second kappa shape index (κ2) is 8.01. The van der Waals surface area contributed by atoms with E-state index in [9.17, 15) is 19.5 Å². The third-order valence-electron chi connectivity index (χ3n) is 4.08. The monoisotopic (exact) mass is 369 g/mol. The quantitative estimate of drug-likeness (QED) is 0.592. The van der Waals surface area contributed by atoms with Crippen LogP contribution in [0.1, 0.15) is 38.0 Å². The van der Waals surface area contributed by atoms with Gasteiger partial charge in [-0.2, -0.15) is 0 Å². The molecule has 2 aromatic rings. The van der Waals surface area contributed by atoms with E-state index in [0.29, 0.717) is 29.0 Å². The van der Waals surface area contributed by atoms with Gasteiger partial charge in [-0.3, -0.25) is 14.5 Å². The van der Waals surface area contributed by atoms with Crippen LogP contribution in [0.5, 0.6) is 5.75 Å². The lowest BCUT2D eigenvalue weighted by molar-refractivity contribution is 0.0456. The smallest absolute Gasteiger partial charge is 0.338 e. The summed E-state index contributed by atoms with van der Waals surface area (Å²) in [5.41, 5.74) is 1.08. The van der Waals surface area contributed by atoms with Gasteiger partial charge < -0.3 is 14.6 Å². The normalized spacial score (nSPS) is 14.1. The molecule has 2 amide bonds. The zero-order valence-corrected chi connectivity index (χ0v) is 14.8. The first-order valence-electron chi connectivity index (χ1n) is 8.54. The van der Waals surface area contributed by atoms with Crippen molar-refractivity contribution in [2.24, 2.45) is 0 Å². The molecule has 0 saturated heterocycles. The van der Waals surface area contributed by atoms with Crippen LogP contribution in [0.25, 0.3) is 0 Å². The number of benzene rings is 2. The van der Waals surface area contributed by atoms with Crippen molar-refractivity contribution in [3.05, 3.63) is 65.2 Å². The molecule has 27 heavy (non-hydrogen) atoms. The Bertz CT molecular complexity index is 826. The average Bonchev–Trinajstić information content (AvgIpc) is 2.92. The Hall–Kier alpha value is -3.19. The number of carbonyl (C=O) groups excluding carboxylic acids is 3. The molecule has 0 saturated carbocycles. The minimum atomic E-state index is -1.04. The zero-order valence-electron chi connectivity index (χ0n) is 14.8. The van der Waals surface area contributed by atoms with Crippen molar-refractivity contribution in [3.8, 4) is 5.75 Å². The Kier molecular flexibility index (Phi) is 5.52. The molecule has 7 heteroatoms. The summed E-state index contributed by atoms with van der Waals surface area (Å²) >= 11 is 0. The van der Waals surface area contributed by atoms with Crippen molar-refractivity contribution >= 4 is 17.8 Å². The van der Waals surface area contributed by atoms with E-state index in [4.69, 9.17) is 9.47 Å². The molecule has 1 N–H and O–H groups in total. The number of fused-ring (bicyclic) bond motifs is 1. The molecule has 0 radical (unpaired) electrons. The topological polar surface area (TPSA) is 93.1 Å². The number of ether oxygens (including phenoxy) is 2. The fraction of sp³-hybridized carbons (Fsp3) is 0.250. The van der Waals surface area contributed by atoms with Crippen LogP contribution >= 0.6 is 0 Å². The van der Waals surface area contributed by atoms with Crippen molar-refractivity contribution in [1.82, 2.24) is 4.90 Å². The Morgan fingerprint density at radius 2 is 1.63 bits per heavy atom. The number of imide groups is 1. The maximum absolute atomic E-state index is 12.3. The highest BCUT2D eigenvalue weighted by molar-refractivity contribution is 6.21. The summed E-state index contributed by atoms with van der Waals surface area (Å²) < 4.78 is 10.4. The van der Waals surface area contributed by atoms with Crippen LogP contribution in [-0.4, -0.2) is 53.7 Å². The fourth-order valence-electron chi connectivity index (χ4n) is 2.76. The molecule has 1 aliphatic heterocycles. The van der Waals surface area contributed by atoms with E-state index < -0.39 is 23.9 Å². The molecule has 0 aromatic heterocycles. The van der Waals surface area contributed by atoms with Gasteiger partial charge in [0.2, 0.25) is 0 Å². The molecule has 0 fully saturated rings. The first kappa shape index (κ1) is 18.6. The highest BCUT2D eigenvalue weighted by atomic mass is 16.5. The Labute approximate surface area is 156 Å². The summed E-state index contributed by atoms with van der Waals surface area (Å²) in [4.78, 5) is 37.2. The van der Waals surface area contributed by atoms with Crippen molar-refractivity contribution in [1.29, 1.82) is 0 Å². The van der Waals surface area contributed by atoms with Gasteiger partial charge in [0.1, 0.15) is 18.5 Å². The van der Waals surface area contributed by atoms with E-state index in [1.54, 1.807) is 55.5 Å². The number of aliphatic hydroxyl groups is 1. The number of hydrogen-bond acceptors (Lipinski definition) is 6. The predicted molar refractivity (Wildman–Crippen MR) is 95.7 cm³/mol. The predicted octanol–water partition coefficient (Wildman–Crippen LogP) is 1.90. The van der Waals surface area contributed by atoms with Gasteiger partial charge in [-0.25, -0.2) is 4.79 Å². The number of rotatable bonds is 7. The number of esters is 1. The highest BCUT2D eigenvalue weighted by Crippen LogP contribution is 2.22. The van der Waals surface area contributed by atoms with Gasteiger partial charge in [-0.15, -0.1) is 0 Å². The van der Waals surface area contributed by atoms with Gasteiger partial charge >= 0.3 is 5.97 Å². The molecule has 0 unspecified atom stereocenters. The molecule has 0 aliphatic carbocycles. The highest BCUT2D eigenvalue weighted by Gasteiger charge is 2.36. The number of nitrogens with zero attached hydrogens (tertiary/aromatic N) is 1. The van der Waals surface area contributed by atoms with Crippen LogP contribution < -0.4 is 4.74 Å². The number of hydrogen-bond donors (Lipinski definition) is 1. The van der Waals surface area contributed by atoms with Crippen LogP contribution in [0.2, 0.25) is 0 Å². The maximum Gasteiger partial charge on any atom is 0.338 e. The molecular weight excluding hydrogens is 350 g/mol. The summed E-state index contributed by atoms with van der Waals surface area (Å²) in [6.07, 6.45) is -1.04. The van der Waals surface area contributed by atoms with Crippen molar-refractivity contribution in [3.63, 3.8) is 0 Å². The van der Waals surface area contributed by atoms with Gasteiger partial charge in [0.25, 0.3) is 11.8 Å². The number of carbonyl (C=O) groups is 3. The standard InChI is InChI=1S/C20H19NO6/c1-2-26-20(25)13-7-9-15(10-8-13)27-12-14(22)11-21-18(23)16-5-3-4-6-17(16)19(21)24/h3-10,14,22H,2,11-12H2,1H3/t14-/m1/s1. The minimum Gasteiger partial charge on any atom is -0.491 e. The van der Waals surface area contributed by atoms with E-state index in [0.717, 1.165) is 4.90 Å². The van der Waals surface area contributed by atoms with Crippen LogP contribution in [0.4, 0.5) is 0 Å². The minimum absolute atomic E-state index is 0.105. The Morgan fingerprint density at radius 1 is 1.04 bits per heavy atom. The molecule has 140 valence electrons. The van der Waals surface area contributed by atoms with Gasteiger partial charge in [0.05, 0.1) is 29.8 Å². The molecule has 1 heterocycles. The Morgan fingerprint density at radius 3 is 2.19 bits per heavy atom. The van der Waals surface area contributed by atoms with Crippen LogP contribution in [0, 0.1) is 0 Å². The zero-order chi connectivity index (χ0) is 19.4. The van der Waals surface area contributed by atoms with Gasteiger partial charge in [0, 0.05) is 0 Å². The van der Waals surface area contributed by atoms with Crippen molar-refractivity contribution in [2.45, 2.75) is 13.0 Å². The average molecular weight is 369 g/mol. The number of aliphatic hydroxyl groups excluding tert-OH is 1. The lowest BCUT2D eigenvalue weighted by Crippen LogP contribution is -2.39. The molecule has 0 bridgehead atoms. The molecule has 7 nitrogen and oxygen atoms in total. The van der Waals surface area contributed by atoms with E-state index in [-0.39, 0.29) is 13.2 Å². The molecule has 1 aliphatic rings. The van der Waals surface area contributed by atoms with Crippen LogP contribution in [-0.2, 0) is 4.74 Å².